The highest BCUT2D eigenvalue weighted by molar-refractivity contribution is 7.92. The third kappa shape index (κ3) is 6.52. The molecule has 1 aliphatic heterocycles. The first kappa shape index (κ1) is 22.7. The average Bonchev–Trinajstić information content (AvgIpc) is 2.68. The van der Waals surface area contributed by atoms with Crippen LogP contribution in [0.4, 0.5) is 15.8 Å². The molecular formula is C22H26FN3O4S. The van der Waals surface area contributed by atoms with Crippen LogP contribution in [-0.4, -0.2) is 44.5 Å². The summed E-state index contributed by atoms with van der Waals surface area (Å²) >= 11 is 0. The predicted molar refractivity (Wildman–Crippen MR) is 118 cm³/mol. The SMILES string of the molecule is CC(=O)Nc1ccc(NS(C)(=O)=O)c(C(=O)N2CCC(Cc3cccc(F)c3)CC2)c1. The van der Waals surface area contributed by atoms with E-state index in [1.54, 1.807) is 11.0 Å². The summed E-state index contributed by atoms with van der Waals surface area (Å²) in [5, 5.41) is 2.61. The van der Waals surface area contributed by atoms with Gasteiger partial charge in [0.2, 0.25) is 15.9 Å². The molecule has 1 fully saturated rings. The van der Waals surface area contributed by atoms with Crippen LogP contribution in [0.3, 0.4) is 0 Å². The maximum absolute atomic E-state index is 13.4. The molecule has 0 saturated carbocycles. The molecular weight excluding hydrogens is 421 g/mol. The number of nitrogens with zero attached hydrogens (tertiary/aromatic N) is 1. The third-order valence-electron chi connectivity index (χ3n) is 5.18. The number of nitrogens with one attached hydrogen (secondary N) is 2. The first-order valence-corrected chi connectivity index (χ1v) is 11.9. The Morgan fingerprint density at radius 3 is 2.45 bits per heavy atom. The highest BCUT2D eigenvalue weighted by atomic mass is 32.2. The van der Waals surface area contributed by atoms with Crippen molar-refractivity contribution in [1.29, 1.82) is 0 Å². The molecule has 0 atom stereocenters. The zero-order valence-electron chi connectivity index (χ0n) is 17.5. The smallest absolute Gasteiger partial charge is 0.256 e. The molecule has 2 N–H and O–H groups in total. The van der Waals surface area contributed by atoms with E-state index in [9.17, 15) is 22.4 Å². The standard InChI is InChI=1S/C22H26FN3O4S/c1-15(27)24-19-6-7-21(25-31(2,29)30)20(14-19)22(28)26-10-8-16(9-11-26)12-17-4-3-5-18(23)13-17/h3-7,13-14,16,25H,8-12H2,1-2H3,(H,24,27). The monoisotopic (exact) mass is 447 g/mol. The normalized spacial score (nSPS) is 14.9. The Kier molecular flexibility index (Phi) is 6.94. The number of carbonyl (C=O) groups excluding carboxylic acids is 2. The minimum absolute atomic E-state index is 0.170. The van der Waals surface area contributed by atoms with E-state index in [4.69, 9.17) is 0 Å². The van der Waals surface area contributed by atoms with E-state index in [1.165, 1.54) is 37.3 Å². The summed E-state index contributed by atoms with van der Waals surface area (Å²) in [4.78, 5) is 26.2. The van der Waals surface area contributed by atoms with Gasteiger partial charge in [0.1, 0.15) is 5.82 Å². The number of anilines is 2. The highest BCUT2D eigenvalue weighted by Gasteiger charge is 2.26. The molecule has 1 saturated heterocycles. The van der Waals surface area contributed by atoms with Crippen molar-refractivity contribution in [1.82, 2.24) is 4.90 Å². The molecule has 0 aromatic heterocycles. The molecule has 166 valence electrons. The minimum Gasteiger partial charge on any atom is -0.339 e. The summed E-state index contributed by atoms with van der Waals surface area (Å²) in [5.41, 5.74) is 1.70. The molecule has 2 aromatic rings. The highest BCUT2D eigenvalue weighted by Crippen LogP contribution is 2.27. The van der Waals surface area contributed by atoms with Crippen molar-refractivity contribution >= 4 is 33.2 Å². The van der Waals surface area contributed by atoms with Crippen LogP contribution in [0.25, 0.3) is 0 Å². The van der Waals surface area contributed by atoms with Crippen LogP contribution in [-0.2, 0) is 21.2 Å². The Morgan fingerprint density at radius 1 is 1.13 bits per heavy atom. The van der Waals surface area contributed by atoms with Gasteiger partial charge in [0, 0.05) is 25.7 Å². The predicted octanol–water partition coefficient (Wildman–Crippen LogP) is 3.25. The lowest BCUT2D eigenvalue weighted by atomic mass is 9.90. The fraction of sp³-hybridized carbons (Fsp3) is 0.364. The van der Waals surface area contributed by atoms with Gasteiger partial charge in [0.25, 0.3) is 5.91 Å². The van der Waals surface area contributed by atoms with Crippen LogP contribution in [0.2, 0.25) is 0 Å². The largest absolute Gasteiger partial charge is 0.339 e. The fourth-order valence-electron chi connectivity index (χ4n) is 3.80. The molecule has 0 unspecified atom stereocenters. The number of amides is 2. The Bertz CT molecular complexity index is 1080. The van der Waals surface area contributed by atoms with E-state index in [0.717, 1.165) is 31.1 Å². The number of halogens is 1. The summed E-state index contributed by atoms with van der Waals surface area (Å²) in [6.07, 6.45) is 3.30. The Hall–Kier alpha value is -2.94. The summed E-state index contributed by atoms with van der Waals surface area (Å²) in [6.45, 7) is 2.39. The average molecular weight is 448 g/mol. The van der Waals surface area contributed by atoms with Gasteiger partial charge in [-0.1, -0.05) is 12.1 Å². The Balaban J connectivity index is 1.73. The Morgan fingerprint density at radius 2 is 1.84 bits per heavy atom. The van der Waals surface area contributed by atoms with Crippen molar-refractivity contribution < 1.29 is 22.4 Å². The topological polar surface area (TPSA) is 95.6 Å². The van der Waals surface area contributed by atoms with Gasteiger partial charge < -0.3 is 10.2 Å². The lowest BCUT2D eigenvalue weighted by Crippen LogP contribution is -2.39. The fourth-order valence-corrected chi connectivity index (χ4v) is 4.38. The second-order valence-corrected chi connectivity index (χ2v) is 9.63. The van der Waals surface area contributed by atoms with E-state index < -0.39 is 10.0 Å². The molecule has 3 rings (SSSR count). The van der Waals surface area contributed by atoms with E-state index in [1.807, 2.05) is 6.07 Å². The van der Waals surface area contributed by atoms with Crippen LogP contribution < -0.4 is 10.0 Å². The van der Waals surface area contributed by atoms with Crippen molar-refractivity contribution in [3.63, 3.8) is 0 Å². The number of piperidine rings is 1. The number of benzene rings is 2. The first-order valence-electron chi connectivity index (χ1n) is 10.0. The van der Waals surface area contributed by atoms with Gasteiger partial charge in [-0.05, 0) is 61.1 Å². The van der Waals surface area contributed by atoms with Crippen molar-refractivity contribution in [2.45, 2.75) is 26.2 Å². The van der Waals surface area contributed by atoms with Crippen LogP contribution in [0.15, 0.2) is 42.5 Å². The molecule has 0 radical (unpaired) electrons. The van der Waals surface area contributed by atoms with E-state index >= 15 is 0 Å². The van der Waals surface area contributed by atoms with Crippen LogP contribution in [0.5, 0.6) is 0 Å². The van der Waals surface area contributed by atoms with Gasteiger partial charge in [-0.2, -0.15) is 0 Å². The van der Waals surface area contributed by atoms with Crippen LogP contribution in [0, 0.1) is 11.7 Å². The number of hydrogen-bond acceptors (Lipinski definition) is 4. The van der Waals surface area contributed by atoms with Crippen molar-refractivity contribution in [3.05, 3.63) is 59.4 Å². The summed E-state index contributed by atoms with van der Waals surface area (Å²) in [5.74, 6) is -0.511. The van der Waals surface area contributed by atoms with E-state index in [-0.39, 0.29) is 28.9 Å². The molecule has 0 aliphatic carbocycles. The maximum Gasteiger partial charge on any atom is 0.256 e. The molecule has 31 heavy (non-hydrogen) atoms. The molecule has 9 heteroatoms. The van der Waals surface area contributed by atoms with Crippen molar-refractivity contribution in [3.8, 4) is 0 Å². The maximum atomic E-state index is 13.4. The number of rotatable bonds is 6. The molecule has 7 nitrogen and oxygen atoms in total. The van der Waals surface area contributed by atoms with Crippen molar-refractivity contribution in [2.24, 2.45) is 5.92 Å². The van der Waals surface area contributed by atoms with Gasteiger partial charge in [0.15, 0.2) is 0 Å². The van der Waals surface area contributed by atoms with Gasteiger partial charge in [0.05, 0.1) is 17.5 Å². The van der Waals surface area contributed by atoms with Crippen molar-refractivity contribution in [2.75, 3.05) is 29.4 Å². The minimum atomic E-state index is -3.59. The number of carbonyl (C=O) groups is 2. The lowest BCUT2D eigenvalue weighted by molar-refractivity contribution is -0.114. The Labute approximate surface area is 181 Å². The molecule has 0 spiro atoms. The molecule has 2 aromatic carbocycles. The van der Waals surface area contributed by atoms with Crippen LogP contribution >= 0.6 is 0 Å². The number of likely N-dealkylation sites (tertiary alicyclic amines) is 1. The van der Waals surface area contributed by atoms with E-state index in [0.29, 0.717) is 24.7 Å². The molecule has 0 bridgehead atoms. The molecule has 1 heterocycles. The van der Waals surface area contributed by atoms with E-state index in [2.05, 4.69) is 10.0 Å². The van der Waals surface area contributed by atoms with Gasteiger partial charge in [-0.15, -0.1) is 0 Å². The molecule has 2 amide bonds. The number of sulfonamides is 1. The van der Waals surface area contributed by atoms with Gasteiger partial charge in [-0.3, -0.25) is 14.3 Å². The second-order valence-electron chi connectivity index (χ2n) is 7.89. The number of hydrogen-bond donors (Lipinski definition) is 2. The summed E-state index contributed by atoms with van der Waals surface area (Å²) in [7, 11) is -3.59. The zero-order chi connectivity index (χ0) is 22.6. The van der Waals surface area contributed by atoms with Gasteiger partial charge >= 0.3 is 0 Å². The third-order valence-corrected chi connectivity index (χ3v) is 5.77. The first-order chi connectivity index (χ1) is 14.6. The lowest BCUT2D eigenvalue weighted by Gasteiger charge is -2.32. The molecule has 1 aliphatic rings. The van der Waals surface area contributed by atoms with Gasteiger partial charge in [-0.25, -0.2) is 12.8 Å². The zero-order valence-corrected chi connectivity index (χ0v) is 18.3. The van der Waals surface area contributed by atoms with Crippen LogP contribution in [0.1, 0.15) is 35.7 Å². The second kappa shape index (κ2) is 9.47. The summed E-state index contributed by atoms with van der Waals surface area (Å²) in [6, 6.07) is 11.0. The quantitative estimate of drug-likeness (QED) is 0.711. The summed E-state index contributed by atoms with van der Waals surface area (Å²) < 4.78 is 39.2.